The number of benzene rings is 1. The van der Waals surface area contributed by atoms with Crippen LogP contribution in [-0.4, -0.2) is 25.4 Å². The van der Waals surface area contributed by atoms with E-state index in [0.29, 0.717) is 6.61 Å². The first-order valence-corrected chi connectivity index (χ1v) is 5.38. The van der Waals surface area contributed by atoms with Gasteiger partial charge in [0.25, 0.3) is 0 Å². The van der Waals surface area contributed by atoms with Crippen LogP contribution in [0, 0.1) is 6.92 Å². The summed E-state index contributed by atoms with van der Waals surface area (Å²) in [5.74, 6) is 1.64. The van der Waals surface area contributed by atoms with Crippen molar-refractivity contribution in [2.24, 2.45) is 5.73 Å². The van der Waals surface area contributed by atoms with Gasteiger partial charge in [-0.05, 0) is 18.6 Å². The number of aliphatic hydroxyl groups excluding tert-OH is 1. The van der Waals surface area contributed by atoms with E-state index in [4.69, 9.17) is 15.2 Å². The normalized spacial score (nSPS) is 15.5. The van der Waals surface area contributed by atoms with Gasteiger partial charge in [0, 0.05) is 17.5 Å². The third-order valence-corrected chi connectivity index (χ3v) is 2.95. The molecular formula is C12H17NO3. The van der Waals surface area contributed by atoms with Gasteiger partial charge in [0.2, 0.25) is 0 Å². The lowest BCUT2D eigenvalue weighted by Crippen LogP contribution is -2.17. The highest BCUT2D eigenvalue weighted by Crippen LogP contribution is 2.39. The summed E-state index contributed by atoms with van der Waals surface area (Å²) in [6.45, 7) is 2.54. The first kappa shape index (κ1) is 11.2. The number of hydrogen-bond donors (Lipinski definition) is 2. The van der Waals surface area contributed by atoms with Gasteiger partial charge in [-0.1, -0.05) is 0 Å². The third-order valence-electron chi connectivity index (χ3n) is 2.95. The monoisotopic (exact) mass is 223 g/mol. The summed E-state index contributed by atoms with van der Waals surface area (Å²) in [6.07, 6.45) is 0.828. The maximum Gasteiger partial charge on any atom is 0.127 e. The molecule has 0 amide bonds. The minimum Gasteiger partial charge on any atom is -0.496 e. The van der Waals surface area contributed by atoms with Gasteiger partial charge in [0.15, 0.2) is 0 Å². The van der Waals surface area contributed by atoms with Gasteiger partial charge in [0.1, 0.15) is 11.5 Å². The molecule has 1 heterocycles. The summed E-state index contributed by atoms with van der Waals surface area (Å²) in [7, 11) is 1.62. The van der Waals surface area contributed by atoms with Gasteiger partial charge in [-0.3, -0.25) is 0 Å². The van der Waals surface area contributed by atoms with Gasteiger partial charge in [-0.25, -0.2) is 0 Å². The zero-order chi connectivity index (χ0) is 11.7. The Kier molecular flexibility index (Phi) is 3.03. The zero-order valence-corrected chi connectivity index (χ0v) is 9.62. The number of hydrogen-bond acceptors (Lipinski definition) is 4. The minimum absolute atomic E-state index is 0.0910. The highest BCUT2D eigenvalue weighted by molar-refractivity contribution is 5.56. The van der Waals surface area contributed by atoms with Crippen LogP contribution in [0.25, 0.3) is 0 Å². The number of aryl methyl sites for hydroxylation is 1. The predicted molar refractivity (Wildman–Crippen MR) is 60.9 cm³/mol. The van der Waals surface area contributed by atoms with Crippen LogP contribution in [0.4, 0.5) is 0 Å². The summed E-state index contributed by atoms with van der Waals surface area (Å²) in [6, 6.07) is 1.56. The molecule has 1 aromatic carbocycles. The van der Waals surface area contributed by atoms with E-state index in [9.17, 15) is 5.11 Å². The van der Waals surface area contributed by atoms with Crippen LogP contribution >= 0.6 is 0 Å². The standard InChI is InChI=1S/C12H17NO3/c1-7-5-10-8(3-4-16-10)11(9(13)6-14)12(7)15-2/h5,9,14H,3-4,6,13H2,1-2H3. The van der Waals surface area contributed by atoms with E-state index >= 15 is 0 Å². The van der Waals surface area contributed by atoms with Crippen LogP contribution in [-0.2, 0) is 6.42 Å². The lowest BCUT2D eigenvalue weighted by molar-refractivity contribution is 0.264. The summed E-state index contributed by atoms with van der Waals surface area (Å²) in [4.78, 5) is 0. The average Bonchev–Trinajstić information content (AvgIpc) is 2.73. The van der Waals surface area contributed by atoms with Crippen molar-refractivity contribution in [3.63, 3.8) is 0 Å². The molecule has 0 aliphatic carbocycles. The lowest BCUT2D eigenvalue weighted by Gasteiger charge is -2.19. The maximum atomic E-state index is 9.21. The van der Waals surface area contributed by atoms with Crippen LogP contribution in [0.3, 0.4) is 0 Å². The van der Waals surface area contributed by atoms with E-state index < -0.39 is 6.04 Å². The molecule has 1 aliphatic heterocycles. The molecule has 4 nitrogen and oxygen atoms in total. The molecule has 0 fully saturated rings. The minimum atomic E-state index is -0.412. The Morgan fingerprint density at radius 2 is 2.38 bits per heavy atom. The fourth-order valence-corrected chi connectivity index (χ4v) is 2.24. The van der Waals surface area contributed by atoms with Crippen LogP contribution in [0.1, 0.15) is 22.7 Å². The molecule has 1 aromatic rings. The summed E-state index contributed by atoms with van der Waals surface area (Å²) >= 11 is 0. The molecule has 0 saturated carbocycles. The van der Waals surface area contributed by atoms with Gasteiger partial charge in [-0.2, -0.15) is 0 Å². The van der Waals surface area contributed by atoms with E-state index in [2.05, 4.69) is 0 Å². The van der Waals surface area contributed by atoms with Crippen molar-refractivity contribution in [3.05, 3.63) is 22.8 Å². The molecule has 1 aliphatic rings. The second-order valence-electron chi connectivity index (χ2n) is 4.00. The smallest absolute Gasteiger partial charge is 0.127 e. The van der Waals surface area contributed by atoms with Crippen LogP contribution in [0.15, 0.2) is 6.07 Å². The fourth-order valence-electron chi connectivity index (χ4n) is 2.24. The number of ether oxygens (including phenoxy) is 2. The molecule has 0 saturated heterocycles. The van der Waals surface area contributed by atoms with Crippen molar-refractivity contribution < 1.29 is 14.6 Å². The quantitative estimate of drug-likeness (QED) is 0.800. The summed E-state index contributed by atoms with van der Waals surface area (Å²) in [5, 5.41) is 9.21. The van der Waals surface area contributed by atoms with E-state index in [1.165, 1.54) is 0 Å². The van der Waals surface area contributed by atoms with Crippen LogP contribution in [0.2, 0.25) is 0 Å². The highest BCUT2D eigenvalue weighted by atomic mass is 16.5. The zero-order valence-electron chi connectivity index (χ0n) is 9.62. The number of fused-ring (bicyclic) bond motifs is 1. The Morgan fingerprint density at radius 3 is 3.00 bits per heavy atom. The molecule has 2 rings (SSSR count). The molecular weight excluding hydrogens is 206 g/mol. The number of nitrogens with two attached hydrogens (primary N) is 1. The molecule has 1 atom stereocenters. The molecule has 1 unspecified atom stereocenters. The van der Waals surface area contributed by atoms with E-state index in [-0.39, 0.29) is 6.61 Å². The first-order valence-electron chi connectivity index (χ1n) is 5.38. The Hall–Kier alpha value is -1.26. The SMILES string of the molecule is COc1c(C)cc2c(c1C(N)CO)CCO2. The van der Waals surface area contributed by atoms with Crippen molar-refractivity contribution >= 4 is 0 Å². The molecule has 16 heavy (non-hydrogen) atoms. The average molecular weight is 223 g/mol. The number of rotatable bonds is 3. The van der Waals surface area contributed by atoms with Crippen LogP contribution in [0.5, 0.6) is 11.5 Å². The predicted octanol–water partition coefficient (Wildman–Crippen LogP) is 0.931. The van der Waals surface area contributed by atoms with Gasteiger partial charge in [0.05, 0.1) is 26.4 Å². The highest BCUT2D eigenvalue weighted by Gasteiger charge is 2.25. The van der Waals surface area contributed by atoms with Crippen molar-refractivity contribution in [2.45, 2.75) is 19.4 Å². The third kappa shape index (κ3) is 1.64. The summed E-state index contributed by atoms with van der Waals surface area (Å²) < 4.78 is 10.9. The molecule has 0 aromatic heterocycles. The molecule has 0 spiro atoms. The van der Waals surface area contributed by atoms with Crippen molar-refractivity contribution in [1.82, 2.24) is 0 Å². The largest absolute Gasteiger partial charge is 0.496 e. The molecule has 88 valence electrons. The van der Waals surface area contributed by atoms with Crippen molar-refractivity contribution in [3.8, 4) is 11.5 Å². The van der Waals surface area contributed by atoms with Gasteiger partial charge in [-0.15, -0.1) is 0 Å². The molecule has 0 radical (unpaired) electrons. The van der Waals surface area contributed by atoms with Crippen molar-refractivity contribution in [2.75, 3.05) is 20.3 Å². The molecule has 4 heteroatoms. The Morgan fingerprint density at radius 1 is 1.62 bits per heavy atom. The Labute approximate surface area is 95.0 Å². The fraction of sp³-hybridized carbons (Fsp3) is 0.500. The number of aliphatic hydroxyl groups is 1. The maximum absolute atomic E-state index is 9.21. The molecule has 3 N–H and O–H groups in total. The van der Waals surface area contributed by atoms with Crippen LogP contribution < -0.4 is 15.2 Å². The van der Waals surface area contributed by atoms with Gasteiger partial charge >= 0.3 is 0 Å². The lowest BCUT2D eigenvalue weighted by atomic mass is 9.95. The number of methoxy groups -OCH3 is 1. The Balaban J connectivity index is 2.61. The second-order valence-corrected chi connectivity index (χ2v) is 4.00. The topological polar surface area (TPSA) is 64.7 Å². The van der Waals surface area contributed by atoms with E-state index in [1.54, 1.807) is 7.11 Å². The van der Waals surface area contributed by atoms with Gasteiger partial charge < -0.3 is 20.3 Å². The van der Waals surface area contributed by atoms with Crippen molar-refractivity contribution in [1.29, 1.82) is 0 Å². The van der Waals surface area contributed by atoms with E-state index in [0.717, 1.165) is 34.6 Å². The first-order chi connectivity index (χ1) is 7.69. The summed E-state index contributed by atoms with van der Waals surface area (Å²) in [5.41, 5.74) is 8.87. The second kappa shape index (κ2) is 4.31. The van der Waals surface area contributed by atoms with E-state index in [1.807, 2.05) is 13.0 Å². The molecule has 0 bridgehead atoms. The Bertz CT molecular complexity index is 400.